The van der Waals surface area contributed by atoms with Crippen LogP contribution in [0.3, 0.4) is 0 Å². The molecule has 84 valence electrons. The number of likely N-dealkylation sites (N-methyl/N-ethyl adjacent to an activating group) is 2. The van der Waals surface area contributed by atoms with Crippen molar-refractivity contribution in [2.24, 2.45) is 0 Å². The van der Waals surface area contributed by atoms with Crippen molar-refractivity contribution < 1.29 is 0 Å². The molecule has 0 unspecified atom stereocenters. The molecule has 1 rings (SSSR count). The zero-order valence-electron chi connectivity index (χ0n) is 9.54. The summed E-state index contributed by atoms with van der Waals surface area (Å²) in [5, 5.41) is 0. The van der Waals surface area contributed by atoms with Gasteiger partial charge >= 0.3 is 0 Å². The fraction of sp³-hybridized carbons (Fsp3) is 1.00. The Morgan fingerprint density at radius 2 is 1.71 bits per heavy atom. The number of piperidine rings is 1. The summed E-state index contributed by atoms with van der Waals surface area (Å²) in [5.74, 6) is 0. The summed E-state index contributed by atoms with van der Waals surface area (Å²) >= 11 is 2.43. The SMILES string of the molecule is CN(C)CCN(C)C1CCN(I)CC1. The van der Waals surface area contributed by atoms with Crippen LogP contribution in [0.2, 0.25) is 0 Å². The van der Waals surface area contributed by atoms with Crippen LogP contribution in [-0.2, 0) is 0 Å². The van der Waals surface area contributed by atoms with Crippen molar-refractivity contribution in [3.05, 3.63) is 0 Å². The van der Waals surface area contributed by atoms with Crippen LogP contribution in [0.15, 0.2) is 0 Å². The van der Waals surface area contributed by atoms with Gasteiger partial charge in [-0.05, 0) is 34.0 Å². The van der Waals surface area contributed by atoms with Gasteiger partial charge in [0.25, 0.3) is 0 Å². The molecule has 0 aliphatic carbocycles. The van der Waals surface area contributed by atoms with Gasteiger partial charge in [0.1, 0.15) is 0 Å². The predicted octanol–water partition coefficient (Wildman–Crippen LogP) is 1.29. The molecular weight excluding hydrogens is 289 g/mol. The number of rotatable bonds is 4. The lowest BCUT2D eigenvalue weighted by molar-refractivity contribution is 0.166. The summed E-state index contributed by atoms with van der Waals surface area (Å²) in [5.41, 5.74) is 0. The first-order valence-corrected chi connectivity index (χ1v) is 6.32. The molecule has 1 heterocycles. The maximum Gasteiger partial charge on any atom is 0.0201 e. The monoisotopic (exact) mass is 311 g/mol. The van der Waals surface area contributed by atoms with Gasteiger partial charge in [0, 0.05) is 55.1 Å². The van der Waals surface area contributed by atoms with E-state index in [0.717, 1.165) is 6.04 Å². The van der Waals surface area contributed by atoms with Crippen LogP contribution in [0.4, 0.5) is 0 Å². The Balaban J connectivity index is 2.20. The van der Waals surface area contributed by atoms with Crippen molar-refractivity contribution >= 4 is 22.9 Å². The average Bonchev–Trinajstić information content (AvgIpc) is 2.15. The van der Waals surface area contributed by atoms with E-state index in [0.29, 0.717) is 0 Å². The molecule has 1 fully saturated rings. The van der Waals surface area contributed by atoms with Gasteiger partial charge in [-0.25, -0.2) is 3.11 Å². The van der Waals surface area contributed by atoms with Gasteiger partial charge in [0.15, 0.2) is 0 Å². The lowest BCUT2D eigenvalue weighted by atomic mass is 10.1. The molecule has 0 spiro atoms. The van der Waals surface area contributed by atoms with Gasteiger partial charge in [-0.1, -0.05) is 0 Å². The molecule has 0 amide bonds. The highest BCUT2D eigenvalue weighted by molar-refractivity contribution is 14.1. The minimum atomic E-state index is 0.806. The molecule has 14 heavy (non-hydrogen) atoms. The maximum absolute atomic E-state index is 2.52. The van der Waals surface area contributed by atoms with E-state index in [2.05, 4.69) is 56.9 Å². The van der Waals surface area contributed by atoms with Crippen molar-refractivity contribution in [1.29, 1.82) is 0 Å². The largest absolute Gasteiger partial charge is 0.308 e. The third-order valence-corrected chi connectivity index (χ3v) is 3.90. The first-order chi connectivity index (χ1) is 6.59. The Morgan fingerprint density at radius 1 is 1.14 bits per heavy atom. The van der Waals surface area contributed by atoms with Gasteiger partial charge < -0.3 is 9.80 Å². The second-order valence-corrected chi connectivity index (χ2v) is 5.79. The van der Waals surface area contributed by atoms with Gasteiger partial charge in [0.05, 0.1) is 0 Å². The average molecular weight is 311 g/mol. The summed E-state index contributed by atoms with van der Waals surface area (Å²) in [6, 6.07) is 0.806. The number of halogens is 1. The van der Waals surface area contributed by atoms with E-state index in [4.69, 9.17) is 0 Å². The van der Waals surface area contributed by atoms with E-state index < -0.39 is 0 Å². The standard InChI is InChI=1S/C10H22IN3/c1-12(2)8-9-13(3)10-4-6-14(11)7-5-10/h10H,4-9H2,1-3H3. The summed E-state index contributed by atoms with van der Waals surface area (Å²) < 4.78 is 2.40. The zero-order valence-corrected chi connectivity index (χ0v) is 11.7. The zero-order chi connectivity index (χ0) is 10.6. The second kappa shape index (κ2) is 6.25. The molecule has 1 aliphatic heterocycles. The highest BCUT2D eigenvalue weighted by Crippen LogP contribution is 2.17. The molecule has 0 N–H and O–H groups in total. The van der Waals surface area contributed by atoms with E-state index in [9.17, 15) is 0 Å². The predicted molar refractivity (Wildman–Crippen MR) is 69.8 cm³/mol. The fourth-order valence-corrected chi connectivity index (χ4v) is 2.37. The molecule has 0 aromatic heterocycles. The first kappa shape index (κ1) is 12.7. The summed E-state index contributed by atoms with van der Waals surface area (Å²) in [6.45, 7) is 4.86. The second-order valence-electron chi connectivity index (χ2n) is 4.42. The van der Waals surface area contributed by atoms with Crippen LogP contribution < -0.4 is 0 Å². The topological polar surface area (TPSA) is 9.72 Å². The van der Waals surface area contributed by atoms with E-state index >= 15 is 0 Å². The van der Waals surface area contributed by atoms with Crippen LogP contribution in [0.1, 0.15) is 12.8 Å². The summed E-state index contributed by atoms with van der Waals surface area (Å²) in [7, 11) is 6.54. The Bertz CT molecular complexity index is 155. The highest BCUT2D eigenvalue weighted by atomic mass is 127. The fourth-order valence-electron chi connectivity index (χ4n) is 1.82. The van der Waals surface area contributed by atoms with Crippen molar-refractivity contribution in [2.75, 3.05) is 47.3 Å². The highest BCUT2D eigenvalue weighted by Gasteiger charge is 2.20. The molecule has 0 bridgehead atoms. The molecule has 0 aromatic rings. The Morgan fingerprint density at radius 3 is 2.21 bits per heavy atom. The van der Waals surface area contributed by atoms with Crippen LogP contribution >= 0.6 is 22.9 Å². The van der Waals surface area contributed by atoms with Gasteiger partial charge in [-0.15, -0.1) is 0 Å². The summed E-state index contributed by atoms with van der Waals surface area (Å²) in [6.07, 6.45) is 2.65. The van der Waals surface area contributed by atoms with Crippen LogP contribution in [0.5, 0.6) is 0 Å². The molecule has 0 saturated carbocycles. The molecule has 0 aromatic carbocycles. The molecule has 3 nitrogen and oxygen atoms in total. The van der Waals surface area contributed by atoms with Crippen LogP contribution in [0.25, 0.3) is 0 Å². The maximum atomic E-state index is 2.52. The van der Waals surface area contributed by atoms with E-state index in [1.54, 1.807) is 0 Å². The molecule has 0 radical (unpaired) electrons. The van der Waals surface area contributed by atoms with Crippen LogP contribution in [-0.4, -0.2) is 66.3 Å². The third-order valence-electron chi connectivity index (χ3n) is 2.93. The van der Waals surface area contributed by atoms with Crippen molar-refractivity contribution in [3.63, 3.8) is 0 Å². The Hall–Kier alpha value is 0.610. The van der Waals surface area contributed by atoms with Gasteiger partial charge in [0.2, 0.25) is 0 Å². The lowest BCUT2D eigenvalue weighted by Gasteiger charge is -2.34. The van der Waals surface area contributed by atoms with Gasteiger partial charge in [-0.2, -0.15) is 0 Å². The minimum Gasteiger partial charge on any atom is -0.308 e. The number of nitrogens with zero attached hydrogens (tertiary/aromatic N) is 3. The molecule has 1 aliphatic rings. The molecule has 1 saturated heterocycles. The van der Waals surface area contributed by atoms with Crippen molar-refractivity contribution in [3.8, 4) is 0 Å². The molecule has 0 atom stereocenters. The van der Waals surface area contributed by atoms with Crippen molar-refractivity contribution in [2.45, 2.75) is 18.9 Å². The van der Waals surface area contributed by atoms with E-state index in [1.807, 2.05) is 0 Å². The van der Waals surface area contributed by atoms with E-state index in [-0.39, 0.29) is 0 Å². The van der Waals surface area contributed by atoms with Gasteiger partial charge in [-0.3, -0.25) is 0 Å². The van der Waals surface area contributed by atoms with Crippen LogP contribution in [0, 0.1) is 0 Å². The normalized spacial score (nSPS) is 21.0. The lowest BCUT2D eigenvalue weighted by Crippen LogP contribution is -2.42. The minimum absolute atomic E-state index is 0.806. The molecule has 4 heteroatoms. The quantitative estimate of drug-likeness (QED) is 0.572. The van der Waals surface area contributed by atoms with Crippen molar-refractivity contribution in [1.82, 2.24) is 12.9 Å². The summed E-state index contributed by atoms with van der Waals surface area (Å²) in [4.78, 5) is 4.77. The smallest absolute Gasteiger partial charge is 0.0201 e. The number of hydrogen-bond acceptors (Lipinski definition) is 3. The Labute approximate surface area is 102 Å². The third kappa shape index (κ3) is 4.42. The first-order valence-electron chi connectivity index (χ1n) is 5.35. The number of hydrogen-bond donors (Lipinski definition) is 0. The van der Waals surface area contributed by atoms with E-state index in [1.165, 1.54) is 39.0 Å². The molecular formula is C10H22IN3. The Kier molecular flexibility index (Phi) is 5.66.